The predicted molar refractivity (Wildman–Crippen MR) is 85.7 cm³/mol. The Morgan fingerprint density at radius 1 is 1.00 bits per heavy atom. The van der Waals surface area contributed by atoms with Crippen LogP contribution < -0.4 is 5.73 Å². The molecule has 0 spiro atoms. The van der Waals surface area contributed by atoms with Gasteiger partial charge >= 0.3 is 0 Å². The van der Waals surface area contributed by atoms with E-state index in [-0.39, 0.29) is 34.5 Å². The van der Waals surface area contributed by atoms with Crippen molar-refractivity contribution in [3.8, 4) is 5.75 Å². The minimum absolute atomic E-state index is 0. The van der Waals surface area contributed by atoms with Gasteiger partial charge in [-0.3, -0.25) is 0 Å². The quantitative estimate of drug-likeness (QED) is 0.831. The molecule has 0 bridgehead atoms. The summed E-state index contributed by atoms with van der Waals surface area (Å²) in [4.78, 5) is 0. The zero-order chi connectivity index (χ0) is 15.9. The van der Waals surface area contributed by atoms with Crippen molar-refractivity contribution in [3.63, 3.8) is 0 Å². The summed E-state index contributed by atoms with van der Waals surface area (Å²) in [6.45, 7) is 11.8. The second-order valence-corrected chi connectivity index (χ2v) is 7.32. The molecule has 1 rings (SSSR count). The number of rotatable bonds is 2. The molecule has 0 saturated carbocycles. The lowest BCUT2D eigenvalue weighted by Crippen LogP contribution is -2.23. The molecule has 0 radical (unpaired) electrons. The third-order valence-electron chi connectivity index (χ3n) is 3.44. The second kappa shape index (κ2) is 6.49. The maximum absolute atomic E-state index is 12.9. The highest BCUT2D eigenvalue weighted by Gasteiger charge is 2.29. The van der Waals surface area contributed by atoms with Crippen LogP contribution in [0.3, 0.4) is 0 Å². The molecule has 0 heterocycles. The molecule has 1 aromatic carbocycles. The van der Waals surface area contributed by atoms with Crippen LogP contribution in [-0.4, -0.2) is 11.5 Å². The van der Waals surface area contributed by atoms with Crippen molar-refractivity contribution in [1.82, 2.24) is 0 Å². The van der Waals surface area contributed by atoms with E-state index in [9.17, 15) is 13.9 Å². The van der Waals surface area contributed by atoms with Gasteiger partial charge in [0.25, 0.3) is 6.43 Å². The van der Waals surface area contributed by atoms with E-state index < -0.39 is 12.5 Å². The summed E-state index contributed by atoms with van der Waals surface area (Å²) in [5, 5.41) is 10.3. The van der Waals surface area contributed by atoms with E-state index in [2.05, 4.69) is 0 Å². The van der Waals surface area contributed by atoms with E-state index in [1.54, 1.807) is 6.07 Å². The minimum Gasteiger partial charge on any atom is -0.507 e. The van der Waals surface area contributed by atoms with Crippen LogP contribution in [0.4, 0.5) is 8.78 Å². The Morgan fingerprint density at radius 2 is 1.48 bits per heavy atom. The Bertz CT molecular complexity index is 490. The lowest BCUT2D eigenvalue weighted by molar-refractivity contribution is 0.115. The van der Waals surface area contributed by atoms with Crippen LogP contribution in [0.1, 0.15) is 64.3 Å². The molecule has 0 saturated heterocycles. The highest BCUT2D eigenvalue weighted by Crippen LogP contribution is 2.40. The van der Waals surface area contributed by atoms with Gasteiger partial charge in [0.2, 0.25) is 0 Å². The summed E-state index contributed by atoms with van der Waals surface area (Å²) >= 11 is 0. The molecule has 0 aliphatic rings. The van der Waals surface area contributed by atoms with Gasteiger partial charge in [-0.15, -0.1) is 12.4 Å². The van der Waals surface area contributed by atoms with Gasteiger partial charge in [-0.25, -0.2) is 8.78 Å². The standard InChI is InChI=1S/C16H25F2NO.ClH/c1-15(2,3)9-7-10(12(19)14(17)18)13(20)11(8-9)16(4,5)6;/h7-8,12,14,20H,19H2,1-6H3;1H/t12-;/m1./s1. The number of phenols is 1. The van der Waals surface area contributed by atoms with Gasteiger partial charge in [-0.1, -0.05) is 47.6 Å². The first kappa shape index (κ1) is 20.1. The average molecular weight is 322 g/mol. The fourth-order valence-corrected chi connectivity index (χ4v) is 2.05. The SMILES string of the molecule is CC(C)(C)c1cc([C@@H](N)C(F)F)c(O)c(C(C)(C)C)c1.Cl. The Labute approximate surface area is 132 Å². The molecule has 0 aliphatic heterocycles. The van der Waals surface area contributed by atoms with Crippen LogP contribution in [0.2, 0.25) is 0 Å². The summed E-state index contributed by atoms with van der Waals surface area (Å²) in [6.07, 6.45) is -2.70. The summed E-state index contributed by atoms with van der Waals surface area (Å²) in [7, 11) is 0. The number of nitrogens with two attached hydrogens (primary N) is 1. The fraction of sp³-hybridized carbons (Fsp3) is 0.625. The normalized spacial score (nSPS) is 14.0. The van der Waals surface area contributed by atoms with E-state index in [1.165, 1.54) is 0 Å². The first-order chi connectivity index (χ1) is 8.85. The molecule has 1 aromatic rings. The lowest BCUT2D eigenvalue weighted by Gasteiger charge is -2.28. The molecule has 0 amide bonds. The molecule has 0 unspecified atom stereocenters. The Balaban J connectivity index is 0.00000400. The number of hydrogen-bond donors (Lipinski definition) is 2. The zero-order valence-electron chi connectivity index (χ0n) is 13.5. The number of alkyl halides is 2. The van der Waals surface area contributed by atoms with Crippen molar-refractivity contribution in [3.05, 3.63) is 28.8 Å². The lowest BCUT2D eigenvalue weighted by atomic mass is 9.78. The smallest absolute Gasteiger partial charge is 0.257 e. The van der Waals surface area contributed by atoms with E-state index in [0.717, 1.165) is 5.56 Å². The largest absolute Gasteiger partial charge is 0.507 e. The Hall–Kier alpha value is -0.870. The van der Waals surface area contributed by atoms with Crippen LogP contribution in [-0.2, 0) is 10.8 Å². The van der Waals surface area contributed by atoms with Gasteiger partial charge in [-0.2, -0.15) is 0 Å². The second-order valence-electron chi connectivity index (χ2n) is 7.32. The molecule has 122 valence electrons. The Morgan fingerprint density at radius 3 is 1.81 bits per heavy atom. The molecule has 5 heteroatoms. The maximum Gasteiger partial charge on any atom is 0.257 e. The van der Waals surface area contributed by atoms with Gasteiger partial charge in [0.05, 0.1) is 6.04 Å². The maximum atomic E-state index is 12.9. The van der Waals surface area contributed by atoms with E-state index >= 15 is 0 Å². The van der Waals surface area contributed by atoms with E-state index in [1.807, 2.05) is 47.6 Å². The number of halogens is 3. The highest BCUT2D eigenvalue weighted by molar-refractivity contribution is 5.85. The molecular weight excluding hydrogens is 296 g/mol. The van der Waals surface area contributed by atoms with E-state index in [0.29, 0.717) is 5.56 Å². The van der Waals surface area contributed by atoms with Crippen LogP contribution in [0.25, 0.3) is 0 Å². The van der Waals surface area contributed by atoms with Gasteiger partial charge in [0.15, 0.2) is 0 Å². The third-order valence-corrected chi connectivity index (χ3v) is 3.44. The van der Waals surface area contributed by atoms with Crippen LogP contribution in [0, 0.1) is 0 Å². The summed E-state index contributed by atoms with van der Waals surface area (Å²) < 4.78 is 25.8. The monoisotopic (exact) mass is 321 g/mol. The molecule has 2 nitrogen and oxygen atoms in total. The highest BCUT2D eigenvalue weighted by atomic mass is 35.5. The van der Waals surface area contributed by atoms with Crippen molar-refractivity contribution >= 4 is 12.4 Å². The Kier molecular flexibility index (Phi) is 6.22. The molecule has 0 fully saturated rings. The number of benzene rings is 1. The molecule has 3 N–H and O–H groups in total. The van der Waals surface area contributed by atoms with Crippen molar-refractivity contribution in [1.29, 1.82) is 0 Å². The topological polar surface area (TPSA) is 46.2 Å². The number of phenolic OH excluding ortho intramolecular Hbond substituents is 1. The zero-order valence-corrected chi connectivity index (χ0v) is 14.3. The summed E-state index contributed by atoms with van der Waals surface area (Å²) in [5.74, 6) is -0.113. The van der Waals surface area contributed by atoms with Gasteiger partial charge < -0.3 is 10.8 Å². The van der Waals surface area contributed by atoms with Gasteiger partial charge in [0, 0.05) is 5.56 Å². The molecule has 0 aromatic heterocycles. The predicted octanol–water partition coefficient (Wildman–Crippen LogP) is 4.67. The van der Waals surface area contributed by atoms with Crippen LogP contribution >= 0.6 is 12.4 Å². The minimum atomic E-state index is -2.70. The first-order valence-electron chi connectivity index (χ1n) is 6.77. The molecule has 1 atom stereocenters. The average Bonchev–Trinajstić information content (AvgIpc) is 2.24. The summed E-state index contributed by atoms with van der Waals surface area (Å²) in [5.41, 5.74) is 6.67. The van der Waals surface area contributed by atoms with Crippen LogP contribution in [0.15, 0.2) is 12.1 Å². The number of aromatic hydroxyl groups is 1. The molecule has 21 heavy (non-hydrogen) atoms. The van der Waals surface area contributed by atoms with Gasteiger partial charge in [0.1, 0.15) is 5.75 Å². The van der Waals surface area contributed by atoms with Gasteiger partial charge in [-0.05, 0) is 28.0 Å². The third kappa shape index (κ3) is 4.55. The molecule has 0 aliphatic carbocycles. The van der Waals surface area contributed by atoms with Crippen molar-refractivity contribution in [2.24, 2.45) is 5.73 Å². The number of hydrogen-bond acceptors (Lipinski definition) is 2. The van der Waals surface area contributed by atoms with Crippen molar-refractivity contribution in [2.75, 3.05) is 0 Å². The molecular formula is C16H26ClF2NO. The van der Waals surface area contributed by atoms with Crippen LogP contribution in [0.5, 0.6) is 5.75 Å². The van der Waals surface area contributed by atoms with Crippen molar-refractivity contribution in [2.45, 2.75) is 64.8 Å². The van der Waals surface area contributed by atoms with Crippen molar-refractivity contribution < 1.29 is 13.9 Å². The fourth-order valence-electron chi connectivity index (χ4n) is 2.05. The first-order valence-corrected chi connectivity index (χ1v) is 6.77. The summed E-state index contributed by atoms with van der Waals surface area (Å²) in [6, 6.07) is 2.01. The van der Waals surface area contributed by atoms with E-state index in [4.69, 9.17) is 5.73 Å².